The summed E-state index contributed by atoms with van der Waals surface area (Å²) in [6, 6.07) is 10.6. The molecule has 0 unspecified atom stereocenters. The Bertz CT molecular complexity index is 1130. The lowest BCUT2D eigenvalue weighted by molar-refractivity contribution is 0.0909. The lowest BCUT2D eigenvalue weighted by Crippen LogP contribution is -2.44. The van der Waals surface area contributed by atoms with E-state index >= 15 is 0 Å². The SMILES string of the molecule is CCSC=C1Oc2cccc(OCCCCN3CCC(NC(=O)c4ccc(Cl)c(Cl)c4)CC3)c2C1=O. The Morgan fingerprint density at radius 1 is 1.19 bits per heavy atom. The molecule has 2 aliphatic rings. The second kappa shape index (κ2) is 12.9. The fraction of sp³-hybridized carbons (Fsp3) is 0.407. The van der Waals surface area contributed by atoms with Crippen LogP contribution in [0.15, 0.2) is 47.6 Å². The molecule has 2 aromatic carbocycles. The molecule has 0 aliphatic carbocycles. The number of hydrogen-bond donors (Lipinski definition) is 1. The van der Waals surface area contributed by atoms with Crippen molar-refractivity contribution in [1.82, 2.24) is 10.2 Å². The molecule has 2 heterocycles. The largest absolute Gasteiger partial charge is 0.493 e. The summed E-state index contributed by atoms with van der Waals surface area (Å²) in [5, 5.41) is 5.70. The van der Waals surface area contributed by atoms with Gasteiger partial charge in [0, 0.05) is 30.1 Å². The van der Waals surface area contributed by atoms with Gasteiger partial charge in [-0.2, -0.15) is 0 Å². The van der Waals surface area contributed by atoms with Crippen LogP contribution >= 0.6 is 35.0 Å². The molecule has 36 heavy (non-hydrogen) atoms. The monoisotopic (exact) mass is 548 g/mol. The fourth-order valence-electron chi connectivity index (χ4n) is 4.29. The van der Waals surface area contributed by atoms with Crippen LogP contribution in [0.5, 0.6) is 11.5 Å². The van der Waals surface area contributed by atoms with Crippen LogP contribution in [0.3, 0.4) is 0 Å². The number of allylic oxidation sites excluding steroid dienone is 1. The van der Waals surface area contributed by atoms with E-state index in [4.69, 9.17) is 32.7 Å². The molecule has 1 N–H and O–H groups in total. The predicted octanol–water partition coefficient (Wildman–Crippen LogP) is 6.22. The number of nitrogens with one attached hydrogen (secondary N) is 1. The number of Topliss-reactive ketones (excluding diaryl/α,β-unsaturated/α-hetero) is 1. The number of ketones is 1. The summed E-state index contributed by atoms with van der Waals surface area (Å²) in [6.07, 6.45) is 3.71. The average molecular weight is 550 g/mol. The molecule has 0 saturated carbocycles. The Labute approximate surface area is 226 Å². The number of hydrogen-bond acceptors (Lipinski definition) is 6. The number of fused-ring (bicyclic) bond motifs is 1. The zero-order valence-corrected chi connectivity index (χ0v) is 22.6. The minimum Gasteiger partial charge on any atom is -0.493 e. The maximum Gasteiger partial charge on any atom is 0.251 e. The minimum atomic E-state index is -0.118. The van der Waals surface area contributed by atoms with Crippen molar-refractivity contribution in [1.29, 1.82) is 0 Å². The standard InChI is InChI=1S/C27H30Cl2N2O4S/c1-2-36-17-24-26(32)25-22(6-5-7-23(25)35-24)34-15-4-3-12-31-13-10-19(11-14-31)30-27(33)18-8-9-20(28)21(29)16-18/h5-9,16-17,19H,2-4,10-15H2,1H3,(H,30,33). The third-order valence-corrected chi connectivity index (χ3v) is 7.70. The van der Waals surface area contributed by atoms with Crippen LogP contribution in [0.2, 0.25) is 10.0 Å². The van der Waals surface area contributed by atoms with Crippen LogP contribution < -0.4 is 14.8 Å². The first-order valence-electron chi connectivity index (χ1n) is 12.2. The molecule has 6 nitrogen and oxygen atoms in total. The van der Waals surface area contributed by atoms with Crippen molar-refractivity contribution in [2.75, 3.05) is 32.0 Å². The van der Waals surface area contributed by atoms with Crippen LogP contribution in [-0.2, 0) is 0 Å². The molecule has 0 atom stereocenters. The molecule has 0 bridgehead atoms. The van der Waals surface area contributed by atoms with E-state index in [2.05, 4.69) is 10.2 Å². The van der Waals surface area contributed by atoms with Crippen molar-refractivity contribution in [3.8, 4) is 11.5 Å². The summed E-state index contributed by atoms with van der Waals surface area (Å²) < 4.78 is 11.7. The van der Waals surface area contributed by atoms with Gasteiger partial charge in [0.15, 0.2) is 5.76 Å². The van der Waals surface area contributed by atoms with Gasteiger partial charge in [-0.25, -0.2) is 0 Å². The highest BCUT2D eigenvalue weighted by atomic mass is 35.5. The van der Waals surface area contributed by atoms with E-state index in [-0.39, 0.29) is 17.7 Å². The smallest absolute Gasteiger partial charge is 0.251 e. The molecule has 1 saturated heterocycles. The van der Waals surface area contributed by atoms with Crippen LogP contribution in [0.1, 0.15) is 53.3 Å². The summed E-state index contributed by atoms with van der Waals surface area (Å²) in [6.45, 7) is 5.43. The van der Waals surface area contributed by atoms with Gasteiger partial charge >= 0.3 is 0 Å². The quantitative estimate of drug-likeness (QED) is 0.281. The number of piperidine rings is 1. The Kier molecular flexibility index (Phi) is 9.60. The third kappa shape index (κ3) is 6.76. The number of carbonyl (C=O) groups is 2. The van der Waals surface area contributed by atoms with Gasteiger partial charge in [0.25, 0.3) is 5.91 Å². The highest BCUT2D eigenvalue weighted by Crippen LogP contribution is 2.38. The van der Waals surface area contributed by atoms with E-state index in [1.54, 1.807) is 41.4 Å². The third-order valence-electron chi connectivity index (χ3n) is 6.25. The first-order valence-corrected chi connectivity index (χ1v) is 14.0. The number of nitrogens with zero attached hydrogens (tertiary/aromatic N) is 1. The zero-order valence-electron chi connectivity index (χ0n) is 20.2. The van der Waals surface area contributed by atoms with E-state index in [0.717, 1.165) is 51.1 Å². The van der Waals surface area contributed by atoms with Gasteiger partial charge < -0.3 is 19.7 Å². The minimum absolute atomic E-state index is 0.115. The molecule has 192 valence electrons. The summed E-state index contributed by atoms with van der Waals surface area (Å²) >= 11 is 13.5. The molecule has 1 fully saturated rings. The fourth-order valence-corrected chi connectivity index (χ4v) is 5.06. The molecular formula is C27H30Cl2N2O4S. The maximum absolute atomic E-state index is 12.7. The number of ether oxygens (including phenoxy) is 2. The number of carbonyl (C=O) groups excluding carboxylic acids is 2. The van der Waals surface area contributed by atoms with Crippen LogP contribution in [0.4, 0.5) is 0 Å². The van der Waals surface area contributed by atoms with Gasteiger partial charge in [0.1, 0.15) is 17.1 Å². The van der Waals surface area contributed by atoms with E-state index in [0.29, 0.717) is 45.0 Å². The van der Waals surface area contributed by atoms with Gasteiger partial charge in [0.2, 0.25) is 5.78 Å². The molecule has 0 spiro atoms. The van der Waals surface area contributed by atoms with Crippen molar-refractivity contribution in [3.05, 3.63) is 68.7 Å². The first-order chi connectivity index (χ1) is 17.5. The van der Waals surface area contributed by atoms with Crippen molar-refractivity contribution in [2.45, 2.75) is 38.6 Å². The van der Waals surface area contributed by atoms with Crippen LogP contribution in [0, 0.1) is 0 Å². The second-order valence-corrected chi connectivity index (χ2v) is 10.7. The van der Waals surface area contributed by atoms with Crippen molar-refractivity contribution in [2.24, 2.45) is 0 Å². The first kappa shape index (κ1) is 26.9. The molecule has 4 rings (SSSR count). The number of likely N-dealkylation sites (tertiary alicyclic amines) is 1. The summed E-state index contributed by atoms with van der Waals surface area (Å²) in [4.78, 5) is 27.6. The van der Waals surface area contributed by atoms with E-state index in [9.17, 15) is 9.59 Å². The number of amides is 1. The summed E-state index contributed by atoms with van der Waals surface area (Å²) in [5.41, 5.74) is 1.04. The van der Waals surface area contributed by atoms with Crippen molar-refractivity contribution < 1.29 is 19.1 Å². The number of rotatable bonds is 10. The molecule has 9 heteroatoms. The molecular weight excluding hydrogens is 519 g/mol. The molecule has 0 aromatic heterocycles. The van der Waals surface area contributed by atoms with Crippen LogP contribution in [0.25, 0.3) is 0 Å². The van der Waals surface area contributed by atoms with Gasteiger partial charge in [-0.3, -0.25) is 9.59 Å². The zero-order chi connectivity index (χ0) is 25.5. The normalized spacial score (nSPS) is 17.2. The molecule has 2 aromatic rings. The van der Waals surface area contributed by atoms with E-state index < -0.39 is 0 Å². The van der Waals surface area contributed by atoms with Gasteiger partial charge in [-0.1, -0.05) is 36.2 Å². The number of unbranched alkanes of at least 4 members (excludes halogenated alkanes) is 1. The highest BCUT2D eigenvalue weighted by molar-refractivity contribution is 8.02. The lowest BCUT2D eigenvalue weighted by Gasteiger charge is -2.32. The average Bonchev–Trinajstić information content (AvgIpc) is 3.21. The molecule has 2 aliphatic heterocycles. The topological polar surface area (TPSA) is 67.9 Å². The second-order valence-electron chi connectivity index (χ2n) is 8.77. The lowest BCUT2D eigenvalue weighted by atomic mass is 10.0. The Balaban J connectivity index is 1.15. The summed E-state index contributed by atoms with van der Waals surface area (Å²) in [7, 11) is 0. The maximum atomic E-state index is 12.7. The van der Waals surface area contributed by atoms with Gasteiger partial charge in [0.05, 0.1) is 16.7 Å². The highest BCUT2D eigenvalue weighted by Gasteiger charge is 2.31. The van der Waals surface area contributed by atoms with Crippen molar-refractivity contribution >= 4 is 46.7 Å². The molecule has 1 amide bonds. The summed E-state index contributed by atoms with van der Waals surface area (Å²) in [5.74, 6) is 2.16. The van der Waals surface area contributed by atoms with E-state index in [1.165, 1.54) is 0 Å². The number of benzene rings is 2. The number of thioether (sulfide) groups is 1. The Hall–Kier alpha value is -2.19. The van der Waals surface area contributed by atoms with Gasteiger partial charge in [-0.15, -0.1) is 11.8 Å². The molecule has 0 radical (unpaired) electrons. The Morgan fingerprint density at radius 2 is 2.00 bits per heavy atom. The Morgan fingerprint density at radius 3 is 2.75 bits per heavy atom. The number of halogens is 2. The van der Waals surface area contributed by atoms with Crippen LogP contribution in [-0.4, -0.2) is 54.6 Å². The van der Waals surface area contributed by atoms with Crippen molar-refractivity contribution in [3.63, 3.8) is 0 Å². The predicted molar refractivity (Wildman–Crippen MR) is 146 cm³/mol. The van der Waals surface area contributed by atoms with E-state index in [1.807, 2.05) is 19.1 Å². The van der Waals surface area contributed by atoms with Gasteiger partial charge in [-0.05, 0) is 68.3 Å².